The van der Waals surface area contributed by atoms with Crippen molar-refractivity contribution in [1.82, 2.24) is 0 Å². The van der Waals surface area contributed by atoms with Crippen molar-refractivity contribution in [3.05, 3.63) is 35.9 Å². The molecule has 0 fully saturated rings. The van der Waals surface area contributed by atoms with Crippen LogP contribution in [0, 0.1) is 5.92 Å². The summed E-state index contributed by atoms with van der Waals surface area (Å²) in [5, 5.41) is 19.8. The Kier molecular flexibility index (Phi) is 5.50. The molecule has 0 aliphatic rings. The van der Waals surface area contributed by atoms with Crippen LogP contribution in [0.25, 0.3) is 0 Å². The lowest BCUT2D eigenvalue weighted by atomic mass is 9.87. The molecule has 0 spiro atoms. The van der Waals surface area contributed by atoms with Crippen molar-refractivity contribution in [3.8, 4) is 0 Å². The van der Waals surface area contributed by atoms with Crippen LogP contribution in [0.3, 0.4) is 0 Å². The van der Waals surface area contributed by atoms with Crippen LogP contribution in [0.2, 0.25) is 0 Å². The number of aliphatic hydroxyl groups excluding tert-OH is 2. The molecule has 2 atom stereocenters. The van der Waals surface area contributed by atoms with Crippen LogP contribution in [0.1, 0.15) is 32.3 Å². The van der Waals surface area contributed by atoms with Crippen molar-refractivity contribution in [3.63, 3.8) is 0 Å². The van der Waals surface area contributed by atoms with Crippen LogP contribution >= 0.6 is 0 Å². The first kappa shape index (κ1) is 13.2. The number of hydrogen-bond donors (Lipinski definition) is 2. The third-order valence-electron chi connectivity index (χ3n) is 3.14. The maximum atomic E-state index is 9.92. The van der Waals surface area contributed by atoms with Gasteiger partial charge in [0.15, 0.2) is 0 Å². The predicted octanol–water partition coefficient (Wildman–Crippen LogP) is 2.39. The van der Waals surface area contributed by atoms with Crippen molar-refractivity contribution in [2.75, 3.05) is 0 Å². The second-order valence-electron chi connectivity index (χ2n) is 4.30. The monoisotopic (exact) mass is 222 g/mol. The van der Waals surface area contributed by atoms with E-state index in [0.29, 0.717) is 12.8 Å². The Bertz CT molecular complexity index is 274. The lowest BCUT2D eigenvalue weighted by Crippen LogP contribution is -2.32. The molecular formula is C14H22O2. The minimum Gasteiger partial charge on any atom is -0.393 e. The van der Waals surface area contributed by atoms with Gasteiger partial charge in [0.2, 0.25) is 0 Å². The Morgan fingerprint density at radius 1 is 0.938 bits per heavy atom. The summed E-state index contributed by atoms with van der Waals surface area (Å²) in [5.41, 5.74) is 1.17. The van der Waals surface area contributed by atoms with Crippen LogP contribution in [0.15, 0.2) is 30.3 Å². The van der Waals surface area contributed by atoms with E-state index in [0.717, 1.165) is 6.42 Å². The normalized spacial score (nSPS) is 16.8. The molecule has 0 aliphatic carbocycles. The van der Waals surface area contributed by atoms with Gasteiger partial charge in [0.25, 0.3) is 0 Å². The standard InChI is InChI=1S/C14H22O2/c1-3-13(15)12(14(16)4-2)10-11-8-6-5-7-9-11/h5-9,12-16H,3-4,10H2,1-2H3. The lowest BCUT2D eigenvalue weighted by Gasteiger charge is -2.26. The minimum absolute atomic E-state index is 0.0580. The van der Waals surface area contributed by atoms with Gasteiger partial charge >= 0.3 is 0 Å². The average molecular weight is 222 g/mol. The largest absolute Gasteiger partial charge is 0.393 e. The van der Waals surface area contributed by atoms with Gasteiger partial charge in [0.05, 0.1) is 12.2 Å². The van der Waals surface area contributed by atoms with Crippen LogP contribution in [-0.4, -0.2) is 22.4 Å². The van der Waals surface area contributed by atoms with E-state index in [1.165, 1.54) is 5.56 Å². The topological polar surface area (TPSA) is 40.5 Å². The summed E-state index contributed by atoms with van der Waals surface area (Å²) in [6, 6.07) is 10.0. The van der Waals surface area contributed by atoms with Crippen LogP contribution < -0.4 is 0 Å². The summed E-state index contributed by atoms with van der Waals surface area (Å²) >= 11 is 0. The van der Waals surface area contributed by atoms with Crippen molar-refractivity contribution in [2.45, 2.75) is 45.3 Å². The first-order valence-electron chi connectivity index (χ1n) is 6.09. The Morgan fingerprint density at radius 3 is 1.88 bits per heavy atom. The third-order valence-corrected chi connectivity index (χ3v) is 3.14. The summed E-state index contributed by atoms with van der Waals surface area (Å²) in [6.07, 6.45) is 1.28. The summed E-state index contributed by atoms with van der Waals surface area (Å²) in [7, 11) is 0. The average Bonchev–Trinajstić information content (AvgIpc) is 2.35. The molecule has 0 saturated carbocycles. The van der Waals surface area contributed by atoms with Gasteiger partial charge in [-0.15, -0.1) is 0 Å². The van der Waals surface area contributed by atoms with Gasteiger partial charge in [-0.05, 0) is 24.8 Å². The summed E-state index contributed by atoms with van der Waals surface area (Å²) in [4.78, 5) is 0. The molecular weight excluding hydrogens is 200 g/mol. The van der Waals surface area contributed by atoms with Gasteiger partial charge in [-0.3, -0.25) is 0 Å². The smallest absolute Gasteiger partial charge is 0.0593 e. The highest BCUT2D eigenvalue weighted by atomic mass is 16.3. The maximum absolute atomic E-state index is 9.92. The molecule has 1 rings (SSSR count). The highest BCUT2D eigenvalue weighted by molar-refractivity contribution is 5.15. The Balaban J connectivity index is 2.71. The highest BCUT2D eigenvalue weighted by Gasteiger charge is 2.24. The van der Waals surface area contributed by atoms with Gasteiger partial charge in [-0.25, -0.2) is 0 Å². The van der Waals surface area contributed by atoms with Crippen LogP contribution in [0.5, 0.6) is 0 Å². The lowest BCUT2D eigenvalue weighted by molar-refractivity contribution is 0.00914. The molecule has 2 nitrogen and oxygen atoms in total. The number of rotatable bonds is 6. The first-order valence-corrected chi connectivity index (χ1v) is 6.09. The van der Waals surface area contributed by atoms with E-state index in [1.54, 1.807) is 0 Å². The molecule has 0 amide bonds. The third kappa shape index (κ3) is 3.62. The fourth-order valence-corrected chi connectivity index (χ4v) is 2.02. The van der Waals surface area contributed by atoms with E-state index in [2.05, 4.69) is 0 Å². The van der Waals surface area contributed by atoms with Gasteiger partial charge < -0.3 is 10.2 Å². The van der Waals surface area contributed by atoms with E-state index < -0.39 is 12.2 Å². The quantitative estimate of drug-likeness (QED) is 0.776. The van der Waals surface area contributed by atoms with Gasteiger partial charge in [-0.1, -0.05) is 44.2 Å². The van der Waals surface area contributed by atoms with Crippen molar-refractivity contribution >= 4 is 0 Å². The van der Waals surface area contributed by atoms with Crippen molar-refractivity contribution in [2.24, 2.45) is 5.92 Å². The molecule has 1 aromatic carbocycles. The summed E-state index contributed by atoms with van der Waals surface area (Å²) in [5.74, 6) is -0.0580. The van der Waals surface area contributed by atoms with Gasteiger partial charge in [0.1, 0.15) is 0 Å². The van der Waals surface area contributed by atoms with Gasteiger partial charge in [-0.2, -0.15) is 0 Å². The molecule has 2 N–H and O–H groups in total. The van der Waals surface area contributed by atoms with Crippen molar-refractivity contribution in [1.29, 1.82) is 0 Å². The minimum atomic E-state index is -0.421. The zero-order valence-electron chi connectivity index (χ0n) is 10.1. The SMILES string of the molecule is CCC(O)C(Cc1ccccc1)C(O)CC. The predicted molar refractivity (Wildman–Crippen MR) is 66.2 cm³/mol. The molecule has 0 heterocycles. The zero-order valence-corrected chi connectivity index (χ0v) is 10.1. The van der Waals surface area contributed by atoms with E-state index in [1.807, 2.05) is 44.2 Å². The van der Waals surface area contributed by atoms with Crippen molar-refractivity contribution < 1.29 is 10.2 Å². The Labute approximate surface area is 97.9 Å². The maximum Gasteiger partial charge on any atom is 0.0593 e. The molecule has 90 valence electrons. The molecule has 2 unspecified atom stereocenters. The van der Waals surface area contributed by atoms with E-state index in [4.69, 9.17) is 0 Å². The summed E-state index contributed by atoms with van der Waals surface area (Å²) < 4.78 is 0. The molecule has 0 bridgehead atoms. The highest BCUT2D eigenvalue weighted by Crippen LogP contribution is 2.20. The molecule has 0 saturated heterocycles. The van der Waals surface area contributed by atoms with E-state index in [-0.39, 0.29) is 5.92 Å². The zero-order chi connectivity index (χ0) is 12.0. The van der Waals surface area contributed by atoms with E-state index in [9.17, 15) is 10.2 Å². The van der Waals surface area contributed by atoms with E-state index >= 15 is 0 Å². The van der Waals surface area contributed by atoms with Crippen LogP contribution in [0.4, 0.5) is 0 Å². The number of aliphatic hydroxyl groups is 2. The van der Waals surface area contributed by atoms with Gasteiger partial charge in [0, 0.05) is 5.92 Å². The Morgan fingerprint density at radius 2 is 1.44 bits per heavy atom. The second kappa shape index (κ2) is 6.66. The second-order valence-corrected chi connectivity index (χ2v) is 4.30. The molecule has 1 aromatic rings. The Hall–Kier alpha value is -0.860. The molecule has 0 aliphatic heterocycles. The summed E-state index contributed by atoms with van der Waals surface area (Å²) in [6.45, 7) is 3.90. The fraction of sp³-hybridized carbons (Fsp3) is 0.571. The number of hydrogen-bond acceptors (Lipinski definition) is 2. The fourth-order valence-electron chi connectivity index (χ4n) is 2.02. The molecule has 0 aromatic heterocycles. The molecule has 2 heteroatoms. The number of benzene rings is 1. The molecule has 0 radical (unpaired) electrons. The van der Waals surface area contributed by atoms with Crippen LogP contribution in [-0.2, 0) is 6.42 Å². The molecule has 16 heavy (non-hydrogen) atoms. The first-order chi connectivity index (χ1) is 7.69.